The van der Waals surface area contributed by atoms with Gasteiger partial charge in [-0.05, 0) is 32.0 Å². The molecule has 2 aromatic heterocycles. The van der Waals surface area contributed by atoms with Crippen LogP contribution in [0.3, 0.4) is 0 Å². The highest BCUT2D eigenvalue weighted by atomic mass is 32.1. The van der Waals surface area contributed by atoms with Gasteiger partial charge in [-0.1, -0.05) is 0 Å². The third-order valence-corrected chi connectivity index (χ3v) is 3.65. The molecule has 1 unspecified atom stereocenters. The molecule has 0 fully saturated rings. The predicted octanol–water partition coefficient (Wildman–Crippen LogP) is 3.91. The van der Waals surface area contributed by atoms with Gasteiger partial charge in [0.05, 0.1) is 0 Å². The quantitative estimate of drug-likeness (QED) is 0.930. The van der Waals surface area contributed by atoms with E-state index in [1.165, 1.54) is 9.75 Å². The molecule has 2 heterocycles. The van der Waals surface area contributed by atoms with Gasteiger partial charge in [0.15, 0.2) is 0 Å². The fourth-order valence-corrected chi connectivity index (χ4v) is 2.77. The van der Waals surface area contributed by atoms with Crippen LogP contribution in [0.25, 0.3) is 0 Å². The van der Waals surface area contributed by atoms with E-state index in [1.807, 2.05) is 26.0 Å². The summed E-state index contributed by atoms with van der Waals surface area (Å²) in [6.07, 6.45) is -2.62. The monoisotopic (exact) mass is 301 g/mol. The first-order valence-corrected chi connectivity index (χ1v) is 6.88. The summed E-state index contributed by atoms with van der Waals surface area (Å²) in [6.45, 7) is 3.90. The molecule has 0 aliphatic rings. The van der Waals surface area contributed by atoms with Gasteiger partial charge in [-0.15, -0.1) is 11.3 Å². The van der Waals surface area contributed by atoms with Gasteiger partial charge in [0.2, 0.25) is 5.95 Å². The van der Waals surface area contributed by atoms with E-state index in [0.717, 1.165) is 18.7 Å². The van der Waals surface area contributed by atoms with Crippen LogP contribution in [0.5, 0.6) is 0 Å². The van der Waals surface area contributed by atoms with E-state index in [9.17, 15) is 13.2 Å². The smallest absolute Gasteiger partial charge is 0.351 e. The SMILES string of the molecule is Cc1ccc(CC(C)Nc2nccc(C(F)(F)F)n2)s1. The van der Waals surface area contributed by atoms with Gasteiger partial charge >= 0.3 is 6.18 Å². The number of hydrogen-bond acceptors (Lipinski definition) is 4. The molecule has 0 spiro atoms. The van der Waals surface area contributed by atoms with E-state index in [1.54, 1.807) is 11.3 Å². The molecule has 0 saturated heterocycles. The van der Waals surface area contributed by atoms with Gasteiger partial charge in [0, 0.05) is 28.4 Å². The number of nitrogens with zero attached hydrogens (tertiary/aromatic N) is 2. The molecule has 0 amide bonds. The lowest BCUT2D eigenvalue weighted by Gasteiger charge is -2.14. The summed E-state index contributed by atoms with van der Waals surface area (Å²) in [5, 5.41) is 2.90. The number of halogens is 3. The van der Waals surface area contributed by atoms with Crippen molar-refractivity contribution in [3.8, 4) is 0 Å². The lowest BCUT2D eigenvalue weighted by Crippen LogP contribution is -2.20. The molecular formula is C13H14F3N3S. The molecule has 20 heavy (non-hydrogen) atoms. The minimum Gasteiger partial charge on any atom is -0.351 e. The predicted molar refractivity (Wildman–Crippen MR) is 72.9 cm³/mol. The Morgan fingerprint density at radius 2 is 2.05 bits per heavy atom. The van der Waals surface area contributed by atoms with Crippen molar-refractivity contribution in [2.75, 3.05) is 5.32 Å². The Morgan fingerprint density at radius 3 is 2.65 bits per heavy atom. The lowest BCUT2D eigenvalue weighted by atomic mass is 10.2. The zero-order chi connectivity index (χ0) is 14.8. The van der Waals surface area contributed by atoms with Gasteiger partial charge in [-0.2, -0.15) is 13.2 Å². The second-order valence-electron chi connectivity index (χ2n) is 4.53. The Bertz CT molecular complexity index is 580. The van der Waals surface area contributed by atoms with Crippen molar-refractivity contribution in [3.05, 3.63) is 39.8 Å². The number of rotatable bonds is 4. The second kappa shape index (κ2) is 5.78. The van der Waals surface area contributed by atoms with Crippen molar-refractivity contribution in [1.82, 2.24) is 9.97 Å². The van der Waals surface area contributed by atoms with E-state index < -0.39 is 11.9 Å². The van der Waals surface area contributed by atoms with Crippen LogP contribution in [-0.4, -0.2) is 16.0 Å². The van der Waals surface area contributed by atoms with Gasteiger partial charge in [-0.25, -0.2) is 9.97 Å². The number of hydrogen-bond donors (Lipinski definition) is 1. The van der Waals surface area contributed by atoms with Crippen LogP contribution < -0.4 is 5.32 Å². The zero-order valence-electron chi connectivity index (χ0n) is 11.0. The summed E-state index contributed by atoms with van der Waals surface area (Å²) < 4.78 is 37.6. The molecule has 1 N–H and O–H groups in total. The molecule has 0 aliphatic carbocycles. The fourth-order valence-electron chi connectivity index (χ4n) is 1.75. The summed E-state index contributed by atoms with van der Waals surface area (Å²) in [5.41, 5.74) is -0.936. The van der Waals surface area contributed by atoms with E-state index in [0.29, 0.717) is 0 Å². The van der Waals surface area contributed by atoms with Crippen LogP contribution in [0.1, 0.15) is 22.4 Å². The van der Waals surface area contributed by atoms with Gasteiger partial charge in [0.1, 0.15) is 5.69 Å². The molecule has 0 aromatic carbocycles. The van der Waals surface area contributed by atoms with Gasteiger partial charge in [-0.3, -0.25) is 0 Å². The number of anilines is 1. The molecule has 0 saturated carbocycles. The summed E-state index contributed by atoms with van der Waals surface area (Å²) in [7, 11) is 0. The molecule has 0 bridgehead atoms. The van der Waals surface area contributed by atoms with E-state index in [2.05, 4.69) is 15.3 Å². The first-order valence-electron chi connectivity index (χ1n) is 6.06. The van der Waals surface area contributed by atoms with Crippen LogP contribution >= 0.6 is 11.3 Å². The van der Waals surface area contributed by atoms with Crippen molar-refractivity contribution in [3.63, 3.8) is 0 Å². The fraction of sp³-hybridized carbons (Fsp3) is 0.385. The Morgan fingerprint density at radius 1 is 1.30 bits per heavy atom. The maximum atomic E-state index is 12.5. The summed E-state index contributed by atoms with van der Waals surface area (Å²) >= 11 is 1.67. The summed E-state index contributed by atoms with van der Waals surface area (Å²) in [5.74, 6) is 0.000558. The molecule has 2 rings (SSSR count). The molecule has 108 valence electrons. The molecule has 2 aromatic rings. The van der Waals surface area contributed by atoms with Crippen molar-refractivity contribution in [2.45, 2.75) is 32.5 Å². The third kappa shape index (κ3) is 3.93. The Hall–Kier alpha value is -1.63. The maximum Gasteiger partial charge on any atom is 0.433 e. The van der Waals surface area contributed by atoms with Gasteiger partial charge < -0.3 is 5.32 Å². The average Bonchev–Trinajstić information content (AvgIpc) is 2.73. The van der Waals surface area contributed by atoms with Gasteiger partial charge in [0.25, 0.3) is 0 Å². The van der Waals surface area contributed by atoms with Crippen molar-refractivity contribution >= 4 is 17.3 Å². The minimum absolute atomic E-state index is 0.000558. The molecule has 0 radical (unpaired) electrons. The number of alkyl halides is 3. The highest BCUT2D eigenvalue weighted by Crippen LogP contribution is 2.27. The number of thiophene rings is 1. The molecular weight excluding hydrogens is 287 g/mol. The number of aryl methyl sites for hydroxylation is 1. The second-order valence-corrected chi connectivity index (χ2v) is 5.90. The topological polar surface area (TPSA) is 37.8 Å². The minimum atomic E-state index is -4.45. The Kier molecular flexibility index (Phi) is 4.27. The van der Waals surface area contributed by atoms with Crippen molar-refractivity contribution in [2.24, 2.45) is 0 Å². The summed E-state index contributed by atoms with van der Waals surface area (Å²) in [4.78, 5) is 9.69. The number of nitrogens with one attached hydrogen (secondary N) is 1. The van der Waals surface area contributed by atoms with Crippen molar-refractivity contribution in [1.29, 1.82) is 0 Å². The van der Waals surface area contributed by atoms with E-state index in [4.69, 9.17) is 0 Å². The van der Waals surface area contributed by atoms with Crippen LogP contribution in [0.15, 0.2) is 24.4 Å². The van der Waals surface area contributed by atoms with Crippen molar-refractivity contribution < 1.29 is 13.2 Å². The first kappa shape index (κ1) is 14.8. The van der Waals surface area contributed by atoms with Crippen LogP contribution in [0.4, 0.5) is 19.1 Å². The standard InChI is InChI=1S/C13H14F3N3S/c1-8(7-10-4-3-9(2)20-10)18-12-17-6-5-11(19-12)13(14,15)16/h3-6,8H,7H2,1-2H3,(H,17,18,19). The zero-order valence-corrected chi connectivity index (χ0v) is 11.8. The first-order chi connectivity index (χ1) is 9.34. The van der Waals surface area contributed by atoms with E-state index >= 15 is 0 Å². The van der Waals surface area contributed by atoms with E-state index in [-0.39, 0.29) is 12.0 Å². The lowest BCUT2D eigenvalue weighted by molar-refractivity contribution is -0.141. The third-order valence-electron chi connectivity index (χ3n) is 2.62. The average molecular weight is 301 g/mol. The molecule has 0 aliphatic heterocycles. The Labute approximate surface area is 118 Å². The molecule has 7 heteroatoms. The highest BCUT2D eigenvalue weighted by molar-refractivity contribution is 7.11. The van der Waals surface area contributed by atoms with Crippen LogP contribution in [0, 0.1) is 6.92 Å². The largest absolute Gasteiger partial charge is 0.433 e. The maximum absolute atomic E-state index is 12.5. The molecule has 3 nitrogen and oxygen atoms in total. The normalized spacial score (nSPS) is 13.2. The molecule has 1 atom stereocenters. The van der Waals surface area contributed by atoms with Crippen LogP contribution in [-0.2, 0) is 12.6 Å². The summed E-state index contributed by atoms with van der Waals surface area (Å²) in [6, 6.07) is 4.86. The number of aromatic nitrogens is 2. The van der Waals surface area contributed by atoms with Crippen LogP contribution in [0.2, 0.25) is 0 Å². The highest BCUT2D eigenvalue weighted by Gasteiger charge is 2.32. The Balaban J connectivity index is 2.02.